The van der Waals surface area contributed by atoms with Crippen molar-refractivity contribution in [3.63, 3.8) is 0 Å². The van der Waals surface area contributed by atoms with E-state index in [9.17, 15) is 10.1 Å². The fourth-order valence-corrected chi connectivity index (χ4v) is 4.14. The maximum absolute atomic E-state index is 12.0. The summed E-state index contributed by atoms with van der Waals surface area (Å²) in [5, 5.41) is 10.2. The molecule has 26 heavy (non-hydrogen) atoms. The van der Waals surface area contributed by atoms with Gasteiger partial charge in [0.05, 0.1) is 11.6 Å². The van der Waals surface area contributed by atoms with Crippen molar-refractivity contribution in [2.24, 2.45) is 5.73 Å². The molecular formula is C22H21N3O. The molecule has 0 spiro atoms. The van der Waals surface area contributed by atoms with Crippen molar-refractivity contribution in [3.8, 4) is 6.07 Å². The topological polar surface area (TPSA) is 82.7 Å². The molecule has 2 unspecified atom stereocenters. The van der Waals surface area contributed by atoms with Gasteiger partial charge in [-0.1, -0.05) is 18.2 Å². The van der Waals surface area contributed by atoms with Crippen molar-refractivity contribution in [1.29, 1.82) is 5.26 Å². The lowest BCUT2D eigenvalue weighted by Gasteiger charge is -2.33. The molecular weight excluding hydrogens is 322 g/mol. The number of nitrogens with zero attached hydrogens (tertiary/aromatic N) is 1. The molecule has 0 saturated carbocycles. The maximum atomic E-state index is 12.0. The molecule has 2 atom stereocenters. The third-order valence-corrected chi connectivity index (χ3v) is 5.73. The van der Waals surface area contributed by atoms with E-state index in [1.165, 1.54) is 11.1 Å². The number of aromatic amines is 1. The number of benzene rings is 2. The van der Waals surface area contributed by atoms with E-state index in [1.807, 2.05) is 56.3 Å². The van der Waals surface area contributed by atoms with E-state index < -0.39 is 5.54 Å². The number of nitriles is 1. The van der Waals surface area contributed by atoms with Crippen molar-refractivity contribution in [2.45, 2.75) is 38.1 Å². The van der Waals surface area contributed by atoms with Gasteiger partial charge in [-0.2, -0.15) is 5.26 Å². The zero-order valence-corrected chi connectivity index (χ0v) is 15.0. The zero-order valence-electron chi connectivity index (χ0n) is 15.0. The Morgan fingerprint density at radius 1 is 1.23 bits per heavy atom. The molecule has 0 bridgehead atoms. The van der Waals surface area contributed by atoms with E-state index in [2.05, 4.69) is 11.1 Å². The first kappa shape index (κ1) is 16.6. The van der Waals surface area contributed by atoms with E-state index in [-0.39, 0.29) is 11.5 Å². The largest absolute Gasteiger partial charge is 0.322 e. The summed E-state index contributed by atoms with van der Waals surface area (Å²) < 4.78 is 0. The third kappa shape index (κ3) is 2.53. The van der Waals surface area contributed by atoms with E-state index >= 15 is 0 Å². The van der Waals surface area contributed by atoms with Gasteiger partial charge >= 0.3 is 0 Å². The summed E-state index contributed by atoms with van der Waals surface area (Å²) in [6, 6.07) is 16.1. The van der Waals surface area contributed by atoms with Crippen molar-refractivity contribution in [1.82, 2.24) is 4.98 Å². The molecule has 0 amide bonds. The Bertz CT molecular complexity index is 1120. The molecule has 0 aliphatic heterocycles. The summed E-state index contributed by atoms with van der Waals surface area (Å²) in [6.45, 7) is 3.85. The lowest BCUT2D eigenvalue weighted by atomic mass is 9.77. The third-order valence-electron chi connectivity index (χ3n) is 5.73. The van der Waals surface area contributed by atoms with E-state index in [1.54, 1.807) is 0 Å². The first-order chi connectivity index (χ1) is 12.4. The summed E-state index contributed by atoms with van der Waals surface area (Å²) >= 11 is 0. The smallest absolute Gasteiger partial charge is 0.251 e. The second-order valence-corrected chi connectivity index (χ2v) is 7.48. The second kappa shape index (κ2) is 5.82. The Labute approximate surface area is 152 Å². The Balaban J connectivity index is 1.81. The monoisotopic (exact) mass is 343 g/mol. The maximum Gasteiger partial charge on any atom is 0.251 e. The predicted molar refractivity (Wildman–Crippen MR) is 103 cm³/mol. The fourth-order valence-electron chi connectivity index (χ4n) is 4.14. The van der Waals surface area contributed by atoms with Crippen LogP contribution in [0.5, 0.6) is 0 Å². The second-order valence-electron chi connectivity index (χ2n) is 7.48. The summed E-state index contributed by atoms with van der Waals surface area (Å²) in [5.74, 6) is 0.139. The van der Waals surface area contributed by atoms with Crippen LogP contribution >= 0.6 is 0 Å². The molecule has 4 heteroatoms. The molecule has 3 aromatic rings. The number of hydrogen-bond acceptors (Lipinski definition) is 3. The molecule has 0 fully saturated rings. The Kier molecular flexibility index (Phi) is 3.71. The molecule has 2 aromatic carbocycles. The van der Waals surface area contributed by atoms with Crippen LogP contribution in [0.4, 0.5) is 0 Å². The normalized spacial score (nSPS) is 18.3. The number of fused-ring (bicyclic) bond motifs is 2. The van der Waals surface area contributed by atoms with Gasteiger partial charge < -0.3 is 10.7 Å². The highest BCUT2D eigenvalue weighted by atomic mass is 16.1. The number of nitrogens with two attached hydrogens (primary N) is 1. The Morgan fingerprint density at radius 2 is 2.04 bits per heavy atom. The summed E-state index contributed by atoms with van der Waals surface area (Å²) in [5.41, 5.74) is 11.8. The van der Waals surface area contributed by atoms with Crippen molar-refractivity contribution in [2.75, 3.05) is 0 Å². The molecule has 4 nitrogen and oxygen atoms in total. The van der Waals surface area contributed by atoms with E-state index in [0.717, 1.165) is 29.3 Å². The highest BCUT2D eigenvalue weighted by Crippen LogP contribution is 2.44. The molecule has 1 aliphatic carbocycles. The number of H-pyrrole nitrogens is 1. The van der Waals surface area contributed by atoms with Gasteiger partial charge in [0, 0.05) is 22.5 Å². The van der Waals surface area contributed by atoms with Crippen LogP contribution in [0.3, 0.4) is 0 Å². The lowest BCUT2D eigenvalue weighted by molar-refractivity contribution is 0.387. The predicted octanol–water partition coefficient (Wildman–Crippen LogP) is 3.61. The first-order valence-corrected chi connectivity index (χ1v) is 8.86. The van der Waals surface area contributed by atoms with Crippen LogP contribution in [0.15, 0.2) is 47.3 Å². The van der Waals surface area contributed by atoms with Crippen LogP contribution in [-0.2, 0) is 12.0 Å². The van der Waals surface area contributed by atoms with Gasteiger partial charge in [-0.3, -0.25) is 4.79 Å². The van der Waals surface area contributed by atoms with Crippen LogP contribution in [0, 0.1) is 18.3 Å². The molecule has 1 aromatic heterocycles. The minimum atomic E-state index is -0.588. The number of aryl methyl sites for hydroxylation is 2. The molecule has 1 aliphatic rings. The number of rotatable bonds is 2. The average molecular weight is 343 g/mol. The van der Waals surface area contributed by atoms with Crippen molar-refractivity contribution < 1.29 is 0 Å². The number of aromatic nitrogens is 1. The van der Waals surface area contributed by atoms with Crippen LogP contribution < -0.4 is 11.3 Å². The van der Waals surface area contributed by atoms with Crippen LogP contribution in [0.2, 0.25) is 0 Å². The summed E-state index contributed by atoms with van der Waals surface area (Å²) in [7, 11) is 0. The minimum absolute atomic E-state index is 0.0711. The van der Waals surface area contributed by atoms with E-state index in [4.69, 9.17) is 5.73 Å². The van der Waals surface area contributed by atoms with Crippen molar-refractivity contribution >= 4 is 10.9 Å². The molecule has 130 valence electrons. The summed E-state index contributed by atoms with van der Waals surface area (Å²) in [4.78, 5) is 14.9. The Hall–Kier alpha value is -2.90. The lowest BCUT2D eigenvalue weighted by Crippen LogP contribution is -2.39. The summed E-state index contributed by atoms with van der Waals surface area (Å²) in [6.07, 6.45) is 1.93. The van der Waals surface area contributed by atoms with Crippen LogP contribution in [-0.4, -0.2) is 4.98 Å². The highest BCUT2D eigenvalue weighted by Gasteiger charge is 2.37. The van der Waals surface area contributed by atoms with Gasteiger partial charge in [0.1, 0.15) is 0 Å². The molecule has 0 radical (unpaired) electrons. The zero-order chi connectivity index (χ0) is 18.5. The quantitative estimate of drug-likeness (QED) is 0.745. The first-order valence-electron chi connectivity index (χ1n) is 8.86. The number of hydrogen-bond donors (Lipinski definition) is 2. The standard InChI is InChI=1S/C22H21N3O/c1-13-9-16-5-7-17(11-20(16)25-21(13)26)22(2,24)19-8-6-15-4-3-14(12-23)10-18(15)19/h3-5,7,9-11,19H,6,8,24H2,1-2H3,(H,25,26). The number of nitrogens with one attached hydrogen (secondary N) is 1. The highest BCUT2D eigenvalue weighted by molar-refractivity contribution is 5.80. The van der Waals surface area contributed by atoms with Gasteiger partial charge in [0.2, 0.25) is 0 Å². The molecule has 3 N–H and O–H groups in total. The van der Waals surface area contributed by atoms with E-state index in [0.29, 0.717) is 11.1 Å². The van der Waals surface area contributed by atoms with Crippen molar-refractivity contribution in [3.05, 3.63) is 80.6 Å². The molecule has 4 rings (SSSR count). The number of pyridine rings is 1. The fraction of sp³-hybridized carbons (Fsp3) is 0.273. The van der Waals surface area contributed by atoms with Gasteiger partial charge in [-0.15, -0.1) is 0 Å². The Morgan fingerprint density at radius 3 is 2.81 bits per heavy atom. The molecule has 1 heterocycles. The molecule has 0 saturated heterocycles. The van der Waals surface area contributed by atoms with Gasteiger partial charge in [0.25, 0.3) is 5.56 Å². The van der Waals surface area contributed by atoms with Crippen LogP contribution in [0.1, 0.15) is 47.1 Å². The SMILES string of the molecule is Cc1cc2ccc(C(C)(N)C3CCc4ccc(C#N)cc43)cc2[nH]c1=O. The van der Waals surface area contributed by atoms with Gasteiger partial charge in [-0.05, 0) is 73.0 Å². The van der Waals surface area contributed by atoms with Gasteiger partial charge in [-0.25, -0.2) is 0 Å². The van der Waals surface area contributed by atoms with Crippen LogP contribution in [0.25, 0.3) is 10.9 Å². The van der Waals surface area contributed by atoms with Gasteiger partial charge in [0.15, 0.2) is 0 Å². The average Bonchev–Trinajstić information content (AvgIpc) is 3.06. The minimum Gasteiger partial charge on any atom is -0.322 e.